The molecule has 0 saturated carbocycles. The molecule has 0 spiro atoms. The van der Waals surface area contributed by atoms with Crippen molar-refractivity contribution in [1.82, 2.24) is 10.6 Å². The zero-order valence-electron chi connectivity index (χ0n) is 16.4. The Morgan fingerprint density at radius 3 is 2.47 bits per heavy atom. The SMILES string of the molecule is Cc1ccc(C(=O)N/C(=C\c2ccco2)C(=O)NCCOc2ccc(F)cc2)cc1. The molecule has 154 valence electrons. The molecule has 0 aliphatic heterocycles. The molecule has 30 heavy (non-hydrogen) atoms. The second-order valence-electron chi connectivity index (χ2n) is 6.45. The molecular weight excluding hydrogens is 387 g/mol. The van der Waals surface area contributed by atoms with Gasteiger partial charge in [0.2, 0.25) is 0 Å². The Kier molecular flexibility index (Phi) is 7.00. The maximum atomic E-state index is 12.9. The summed E-state index contributed by atoms with van der Waals surface area (Å²) in [6.45, 7) is 2.29. The lowest BCUT2D eigenvalue weighted by Crippen LogP contribution is -2.36. The second-order valence-corrected chi connectivity index (χ2v) is 6.45. The van der Waals surface area contributed by atoms with Crippen molar-refractivity contribution < 1.29 is 23.1 Å². The molecule has 2 aromatic carbocycles. The van der Waals surface area contributed by atoms with Crippen LogP contribution in [0.3, 0.4) is 0 Å². The molecular formula is C23H21FN2O4. The number of aryl methyl sites for hydroxylation is 1. The summed E-state index contributed by atoms with van der Waals surface area (Å²) in [7, 11) is 0. The van der Waals surface area contributed by atoms with Crippen LogP contribution in [0.25, 0.3) is 6.08 Å². The molecule has 2 N–H and O–H groups in total. The summed E-state index contributed by atoms with van der Waals surface area (Å²) in [4.78, 5) is 25.1. The number of halogens is 1. The van der Waals surface area contributed by atoms with Crippen LogP contribution in [-0.2, 0) is 4.79 Å². The molecule has 0 aliphatic carbocycles. The van der Waals surface area contributed by atoms with E-state index in [-0.39, 0.29) is 24.7 Å². The number of carbonyl (C=O) groups is 2. The van der Waals surface area contributed by atoms with Crippen LogP contribution < -0.4 is 15.4 Å². The summed E-state index contributed by atoms with van der Waals surface area (Å²) in [5, 5.41) is 5.30. The van der Waals surface area contributed by atoms with Gasteiger partial charge < -0.3 is 19.8 Å². The van der Waals surface area contributed by atoms with Crippen LogP contribution in [0.5, 0.6) is 5.75 Å². The minimum absolute atomic E-state index is 0.0392. The summed E-state index contributed by atoms with van der Waals surface area (Å²) in [5.41, 5.74) is 1.49. The lowest BCUT2D eigenvalue weighted by molar-refractivity contribution is -0.117. The summed E-state index contributed by atoms with van der Waals surface area (Å²) in [5.74, 6) is -0.343. The van der Waals surface area contributed by atoms with Gasteiger partial charge in [-0.15, -0.1) is 0 Å². The maximum Gasteiger partial charge on any atom is 0.268 e. The van der Waals surface area contributed by atoms with Crippen LogP contribution in [0.2, 0.25) is 0 Å². The third kappa shape index (κ3) is 6.07. The fourth-order valence-electron chi connectivity index (χ4n) is 2.53. The number of rotatable bonds is 8. The van der Waals surface area contributed by atoms with Crippen molar-refractivity contribution in [3.8, 4) is 5.75 Å². The fraction of sp³-hybridized carbons (Fsp3) is 0.130. The average molecular weight is 408 g/mol. The van der Waals surface area contributed by atoms with Gasteiger partial charge in [0.05, 0.1) is 12.8 Å². The summed E-state index contributed by atoms with van der Waals surface area (Å²) >= 11 is 0. The van der Waals surface area contributed by atoms with Gasteiger partial charge in [-0.3, -0.25) is 9.59 Å². The largest absolute Gasteiger partial charge is 0.492 e. The van der Waals surface area contributed by atoms with Gasteiger partial charge in [0.1, 0.15) is 29.6 Å². The van der Waals surface area contributed by atoms with Gasteiger partial charge in [-0.2, -0.15) is 0 Å². The van der Waals surface area contributed by atoms with Gasteiger partial charge >= 0.3 is 0 Å². The highest BCUT2D eigenvalue weighted by atomic mass is 19.1. The van der Waals surface area contributed by atoms with Crippen molar-refractivity contribution >= 4 is 17.9 Å². The molecule has 3 aromatic rings. The van der Waals surface area contributed by atoms with Crippen molar-refractivity contribution in [2.75, 3.05) is 13.2 Å². The van der Waals surface area contributed by atoms with Crippen molar-refractivity contribution in [3.05, 3.63) is 95.3 Å². The molecule has 0 fully saturated rings. The van der Waals surface area contributed by atoms with E-state index >= 15 is 0 Å². The first kappa shape index (κ1) is 20.9. The fourth-order valence-corrected chi connectivity index (χ4v) is 2.53. The van der Waals surface area contributed by atoms with Crippen LogP contribution >= 0.6 is 0 Å². The van der Waals surface area contributed by atoms with Crippen molar-refractivity contribution in [3.63, 3.8) is 0 Å². The average Bonchev–Trinajstić information content (AvgIpc) is 3.25. The van der Waals surface area contributed by atoms with Gasteiger partial charge in [0, 0.05) is 11.6 Å². The monoisotopic (exact) mass is 408 g/mol. The lowest BCUT2D eigenvalue weighted by Gasteiger charge is -2.11. The molecule has 0 aliphatic rings. The Labute approximate surface area is 173 Å². The molecule has 6 nitrogen and oxygen atoms in total. The third-order valence-corrected chi connectivity index (χ3v) is 4.11. The number of benzene rings is 2. The minimum atomic E-state index is -0.491. The van der Waals surface area contributed by atoms with E-state index in [1.807, 2.05) is 19.1 Å². The first-order valence-electron chi connectivity index (χ1n) is 9.31. The van der Waals surface area contributed by atoms with Crippen LogP contribution in [-0.4, -0.2) is 25.0 Å². The van der Waals surface area contributed by atoms with Crippen LogP contribution in [0.1, 0.15) is 21.7 Å². The number of amides is 2. The van der Waals surface area contributed by atoms with E-state index in [4.69, 9.17) is 9.15 Å². The Morgan fingerprint density at radius 1 is 1.07 bits per heavy atom. The minimum Gasteiger partial charge on any atom is -0.492 e. The van der Waals surface area contributed by atoms with Crippen molar-refractivity contribution in [2.24, 2.45) is 0 Å². The van der Waals surface area contributed by atoms with E-state index in [0.717, 1.165) is 5.56 Å². The maximum absolute atomic E-state index is 12.9. The summed E-state index contributed by atoms with van der Waals surface area (Å²) in [6.07, 6.45) is 2.92. The molecule has 0 unspecified atom stereocenters. The van der Waals surface area contributed by atoms with Crippen LogP contribution in [0, 0.1) is 12.7 Å². The number of carbonyl (C=O) groups excluding carboxylic acids is 2. The Hall–Kier alpha value is -3.87. The number of nitrogens with one attached hydrogen (secondary N) is 2. The van der Waals surface area contributed by atoms with Gasteiger partial charge in [0.25, 0.3) is 11.8 Å². The lowest BCUT2D eigenvalue weighted by atomic mass is 10.1. The number of furan rings is 1. The van der Waals surface area contributed by atoms with Crippen LogP contribution in [0.4, 0.5) is 4.39 Å². The van der Waals surface area contributed by atoms with E-state index in [9.17, 15) is 14.0 Å². The first-order valence-corrected chi connectivity index (χ1v) is 9.31. The molecule has 0 atom stereocenters. The van der Waals surface area contributed by atoms with Crippen molar-refractivity contribution in [2.45, 2.75) is 6.92 Å². The topological polar surface area (TPSA) is 80.6 Å². The standard InChI is InChI=1S/C23H21FN2O4/c1-16-4-6-17(7-5-16)22(27)26-21(15-20-3-2-13-29-20)23(28)25-12-14-30-19-10-8-18(24)9-11-19/h2-11,13,15H,12,14H2,1H3,(H,25,28)(H,26,27)/b21-15-. The molecule has 3 rings (SSSR count). The number of ether oxygens (including phenoxy) is 1. The second kappa shape index (κ2) is 10.1. The van der Waals surface area contributed by atoms with Gasteiger partial charge in [-0.05, 0) is 55.5 Å². The smallest absolute Gasteiger partial charge is 0.268 e. The van der Waals surface area contributed by atoms with Crippen LogP contribution in [0.15, 0.2) is 77.0 Å². The van der Waals surface area contributed by atoms with E-state index < -0.39 is 11.8 Å². The van der Waals surface area contributed by atoms with Crippen molar-refractivity contribution in [1.29, 1.82) is 0 Å². The third-order valence-electron chi connectivity index (χ3n) is 4.11. The highest BCUT2D eigenvalue weighted by Gasteiger charge is 2.15. The van der Waals surface area contributed by atoms with Gasteiger partial charge in [-0.1, -0.05) is 17.7 Å². The summed E-state index contributed by atoms with van der Waals surface area (Å²) < 4.78 is 23.6. The van der Waals surface area contributed by atoms with E-state index in [2.05, 4.69) is 10.6 Å². The zero-order chi connectivity index (χ0) is 21.3. The predicted octanol–water partition coefficient (Wildman–Crippen LogP) is 3.69. The normalized spacial score (nSPS) is 11.1. The Bertz CT molecular complexity index is 1010. The van der Waals surface area contributed by atoms with Gasteiger partial charge in [0.15, 0.2) is 0 Å². The van der Waals surface area contributed by atoms with Gasteiger partial charge in [-0.25, -0.2) is 4.39 Å². The Balaban J connectivity index is 1.61. The van der Waals surface area contributed by atoms with E-state index in [1.165, 1.54) is 36.6 Å². The molecule has 2 amide bonds. The molecule has 0 radical (unpaired) electrons. The molecule has 1 heterocycles. The summed E-state index contributed by atoms with van der Waals surface area (Å²) in [6, 6.07) is 15.9. The molecule has 7 heteroatoms. The predicted molar refractivity (Wildman–Crippen MR) is 110 cm³/mol. The number of hydrogen-bond acceptors (Lipinski definition) is 4. The number of hydrogen-bond donors (Lipinski definition) is 2. The zero-order valence-corrected chi connectivity index (χ0v) is 16.4. The molecule has 1 aromatic heterocycles. The quantitative estimate of drug-likeness (QED) is 0.440. The molecule has 0 saturated heterocycles. The highest BCUT2D eigenvalue weighted by molar-refractivity contribution is 6.05. The molecule has 0 bridgehead atoms. The highest BCUT2D eigenvalue weighted by Crippen LogP contribution is 2.11. The first-order chi connectivity index (χ1) is 14.5. The van der Waals surface area contributed by atoms with E-state index in [1.54, 1.807) is 24.3 Å². The van der Waals surface area contributed by atoms with E-state index in [0.29, 0.717) is 17.1 Å². The Morgan fingerprint density at radius 2 is 1.80 bits per heavy atom.